The SMILES string of the molecule is O=[N+]([O-])c1cccc2c(NCCNC3CC3)ccnc12. The number of pyridine rings is 1. The Hall–Kier alpha value is -2.21. The van der Waals surface area contributed by atoms with Gasteiger partial charge in [0.05, 0.1) is 4.92 Å². The predicted molar refractivity (Wildman–Crippen MR) is 77.9 cm³/mol. The van der Waals surface area contributed by atoms with Crippen LogP contribution in [0.5, 0.6) is 0 Å². The molecule has 1 heterocycles. The quantitative estimate of drug-likeness (QED) is 0.479. The fraction of sp³-hybridized carbons (Fsp3) is 0.357. The molecule has 1 aliphatic rings. The van der Waals surface area contributed by atoms with Crippen LogP contribution in [0, 0.1) is 10.1 Å². The highest BCUT2D eigenvalue weighted by atomic mass is 16.6. The second-order valence-corrected chi connectivity index (χ2v) is 4.94. The minimum atomic E-state index is -0.395. The molecule has 0 spiro atoms. The average molecular weight is 272 g/mol. The number of nitro groups is 1. The molecule has 2 N–H and O–H groups in total. The molecule has 6 nitrogen and oxygen atoms in total. The Kier molecular flexibility index (Phi) is 3.47. The number of aromatic nitrogens is 1. The first-order chi connectivity index (χ1) is 9.75. The second kappa shape index (κ2) is 5.42. The second-order valence-electron chi connectivity index (χ2n) is 4.94. The molecule has 0 radical (unpaired) electrons. The molecule has 1 saturated carbocycles. The predicted octanol–water partition coefficient (Wildman–Crippen LogP) is 2.31. The largest absolute Gasteiger partial charge is 0.383 e. The van der Waals surface area contributed by atoms with Crippen molar-refractivity contribution >= 4 is 22.3 Å². The normalized spacial score (nSPS) is 14.4. The highest BCUT2D eigenvalue weighted by Gasteiger charge is 2.19. The van der Waals surface area contributed by atoms with E-state index in [1.165, 1.54) is 18.9 Å². The van der Waals surface area contributed by atoms with Gasteiger partial charge in [-0.2, -0.15) is 0 Å². The summed E-state index contributed by atoms with van der Waals surface area (Å²) >= 11 is 0. The van der Waals surface area contributed by atoms with Crippen molar-refractivity contribution in [2.24, 2.45) is 0 Å². The van der Waals surface area contributed by atoms with Gasteiger partial charge in [0.1, 0.15) is 5.52 Å². The first-order valence-corrected chi connectivity index (χ1v) is 6.75. The standard InChI is InChI=1S/C14H16N4O2/c19-18(20)13-3-1-2-11-12(6-7-17-14(11)13)16-9-8-15-10-4-5-10/h1-3,6-7,10,15H,4-5,8-9H2,(H,16,17). The van der Waals surface area contributed by atoms with E-state index in [2.05, 4.69) is 15.6 Å². The first-order valence-electron chi connectivity index (χ1n) is 6.75. The summed E-state index contributed by atoms with van der Waals surface area (Å²) in [6, 6.07) is 7.56. The summed E-state index contributed by atoms with van der Waals surface area (Å²) in [7, 11) is 0. The molecule has 0 atom stereocenters. The number of fused-ring (bicyclic) bond motifs is 1. The number of non-ortho nitro benzene ring substituents is 1. The summed E-state index contributed by atoms with van der Waals surface area (Å²) < 4.78 is 0. The van der Waals surface area contributed by atoms with E-state index in [9.17, 15) is 10.1 Å². The molecule has 6 heteroatoms. The van der Waals surface area contributed by atoms with Crippen LogP contribution in [0.25, 0.3) is 10.9 Å². The van der Waals surface area contributed by atoms with E-state index in [0.717, 1.165) is 24.2 Å². The summed E-state index contributed by atoms with van der Waals surface area (Å²) in [6.45, 7) is 1.68. The van der Waals surface area contributed by atoms with Gasteiger partial charge in [-0.25, -0.2) is 4.98 Å². The third kappa shape index (κ3) is 2.70. The van der Waals surface area contributed by atoms with Crippen LogP contribution >= 0.6 is 0 Å². The monoisotopic (exact) mass is 272 g/mol. The van der Waals surface area contributed by atoms with Crippen molar-refractivity contribution in [3.8, 4) is 0 Å². The van der Waals surface area contributed by atoms with Crippen molar-refractivity contribution in [2.75, 3.05) is 18.4 Å². The Morgan fingerprint density at radius 3 is 2.90 bits per heavy atom. The van der Waals surface area contributed by atoms with E-state index >= 15 is 0 Å². The molecule has 1 aromatic carbocycles. The number of rotatable bonds is 6. The van der Waals surface area contributed by atoms with Gasteiger partial charge in [0.15, 0.2) is 0 Å². The van der Waals surface area contributed by atoms with E-state index in [1.807, 2.05) is 12.1 Å². The fourth-order valence-corrected chi connectivity index (χ4v) is 2.22. The van der Waals surface area contributed by atoms with Crippen molar-refractivity contribution in [3.63, 3.8) is 0 Å². The van der Waals surface area contributed by atoms with Gasteiger partial charge in [-0.3, -0.25) is 10.1 Å². The number of para-hydroxylation sites is 1. The van der Waals surface area contributed by atoms with Gasteiger partial charge in [0.2, 0.25) is 0 Å². The lowest BCUT2D eigenvalue weighted by molar-refractivity contribution is -0.383. The van der Waals surface area contributed by atoms with Gasteiger partial charge in [0, 0.05) is 42.5 Å². The summed E-state index contributed by atoms with van der Waals surface area (Å²) in [5, 5.41) is 18.5. The third-order valence-electron chi connectivity index (χ3n) is 3.40. The molecular formula is C14H16N4O2. The number of nitrogens with one attached hydrogen (secondary N) is 2. The fourth-order valence-electron chi connectivity index (χ4n) is 2.22. The van der Waals surface area contributed by atoms with Crippen LogP contribution in [-0.2, 0) is 0 Å². The Morgan fingerprint density at radius 1 is 1.30 bits per heavy atom. The molecule has 1 aromatic heterocycles. The number of nitro benzene ring substituents is 1. The smallest absolute Gasteiger partial charge is 0.295 e. The highest BCUT2D eigenvalue weighted by molar-refractivity contribution is 5.96. The zero-order valence-electron chi connectivity index (χ0n) is 11.0. The maximum atomic E-state index is 11.0. The van der Waals surface area contributed by atoms with Crippen LogP contribution in [0.4, 0.5) is 11.4 Å². The maximum Gasteiger partial charge on any atom is 0.295 e. The van der Waals surface area contributed by atoms with Gasteiger partial charge < -0.3 is 10.6 Å². The van der Waals surface area contributed by atoms with Crippen LogP contribution in [0.15, 0.2) is 30.5 Å². The topological polar surface area (TPSA) is 80.1 Å². The number of hydrogen-bond acceptors (Lipinski definition) is 5. The summed E-state index contributed by atoms with van der Waals surface area (Å²) in [4.78, 5) is 14.7. The molecule has 0 amide bonds. The van der Waals surface area contributed by atoms with Crippen LogP contribution in [0.2, 0.25) is 0 Å². The van der Waals surface area contributed by atoms with E-state index < -0.39 is 4.92 Å². The van der Waals surface area contributed by atoms with Crippen molar-refractivity contribution in [2.45, 2.75) is 18.9 Å². The Labute approximate surface area is 116 Å². The average Bonchev–Trinajstić information content (AvgIpc) is 3.27. The van der Waals surface area contributed by atoms with Crippen LogP contribution in [0.1, 0.15) is 12.8 Å². The van der Waals surface area contributed by atoms with Gasteiger partial charge in [-0.05, 0) is 18.9 Å². The molecule has 0 aliphatic heterocycles. The Morgan fingerprint density at radius 2 is 2.15 bits per heavy atom. The molecular weight excluding hydrogens is 256 g/mol. The molecule has 104 valence electrons. The molecule has 3 rings (SSSR count). The summed E-state index contributed by atoms with van der Waals surface area (Å²) in [5.41, 5.74) is 1.36. The van der Waals surface area contributed by atoms with Crippen LogP contribution in [-0.4, -0.2) is 29.0 Å². The van der Waals surface area contributed by atoms with E-state index in [-0.39, 0.29) is 5.69 Å². The van der Waals surface area contributed by atoms with E-state index in [4.69, 9.17) is 0 Å². The lowest BCUT2D eigenvalue weighted by Crippen LogP contribution is -2.23. The van der Waals surface area contributed by atoms with E-state index in [0.29, 0.717) is 11.6 Å². The van der Waals surface area contributed by atoms with Crippen molar-refractivity contribution in [3.05, 3.63) is 40.6 Å². The third-order valence-corrected chi connectivity index (χ3v) is 3.40. The molecule has 1 fully saturated rings. The zero-order valence-corrected chi connectivity index (χ0v) is 11.0. The van der Waals surface area contributed by atoms with Gasteiger partial charge >= 0.3 is 0 Å². The number of anilines is 1. The molecule has 0 unspecified atom stereocenters. The molecule has 0 bridgehead atoms. The maximum absolute atomic E-state index is 11.0. The number of nitrogens with zero attached hydrogens (tertiary/aromatic N) is 2. The van der Waals surface area contributed by atoms with Crippen molar-refractivity contribution in [1.82, 2.24) is 10.3 Å². The van der Waals surface area contributed by atoms with E-state index in [1.54, 1.807) is 12.3 Å². The lowest BCUT2D eigenvalue weighted by Gasteiger charge is -2.09. The Bertz CT molecular complexity index is 640. The molecule has 20 heavy (non-hydrogen) atoms. The number of benzene rings is 1. The summed E-state index contributed by atoms with van der Waals surface area (Å²) in [5.74, 6) is 0. The number of hydrogen-bond donors (Lipinski definition) is 2. The van der Waals surface area contributed by atoms with Gasteiger partial charge in [-0.15, -0.1) is 0 Å². The van der Waals surface area contributed by atoms with Crippen LogP contribution < -0.4 is 10.6 Å². The zero-order chi connectivity index (χ0) is 13.9. The van der Waals surface area contributed by atoms with Gasteiger partial charge in [0.25, 0.3) is 5.69 Å². The first kappa shape index (κ1) is 12.8. The minimum absolute atomic E-state index is 0.0438. The van der Waals surface area contributed by atoms with Crippen LogP contribution in [0.3, 0.4) is 0 Å². The Balaban J connectivity index is 1.79. The molecule has 0 saturated heterocycles. The lowest BCUT2D eigenvalue weighted by atomic mass is 10.1. The highest BCUT2D eigenvalue weighted by Crippen LogP contribution is 2.28. The molecule has 2 aromatic rings. The minimum Gasteiger partial charge on any atom is -0.383 e. The summed E-state index contributed by atoms with van der Waals surface area (Å²) in [6.07, 6.45) is 4.14. The van der Waals surface area contributed by atoms with Crippen molar-refractivity contribution in [1.29, 1.82) is 0 Å². The van der Waals surface area contributed by atoms with Gasteiger partial charge in [-0.1, -0.05) is 12.1 Å². The molecule has 1 aliphatic carbocycles. The van der Waals surface area contributed by atoms with Crippen molar-refractivity contribution < 1.29 is 4.92 Å².